The maximum atomic E-state index is 12.4. The first-order chi connectivity index (χ1) is 13.3. The number of aryl methyl sites for hydroxylation is 2. The van der Waals surface area contributed by atoms with Crippen LogP contribution in [-0.2, 0) is 35.7 Å². The minimum Gasteiger partial charge on any atom is -0.642 e. The summed E-state index contributed by atoms with van der Waals surface area (Å²) in [7, 11) is -2.03. The van der Waals surface area contributed by atoms with E-state index in [-0.39, 0.29) is 64.7 Å². The number of sulfonamides is 1. The molecule has 0 N–H and O–H groups in total. The molecule has 0 aromatic heterocycles. The summed E-state index contributed by atoms with van der Waals surface area (Å²) in [5, 5.41) is 5.23. The maximum Gasteiger partial charge on any atom is 1.00 e. The van der Waals surface area contributed by atoms with Crippen molar-refractivity contribution in [1.82, 2.24) is 4.90 Å². The Bertz CT molecular complexity index is 917. The minimum absolute atomic E-state index is 0. The molecule has 0 saturated carbocycles. The molecular formula is C21H27N3Na2O3S. The van der Waals surface area contributed by atoms with Crippen molar-refractivity contribution in [3.63, 3.8) is 0 Å². The van der Waals surface area contributed by atoms with Crippen LogP contribution in [0.5, 0.6) is 0 Å². The first-order valence-electron chi connectivity index (χ1n) is 10.1. The summed E-state index contributed by atoms with van der Waals surface area (Å²) >= 11 is 0. The van der Waals surface area contributed by atoms with Gasteiger partial charge in [0.15, 0.2) is 0 Å². The van der Waals surface area contributed by atoms with Gasteiger partial charge in [-0.1, -0.05) is 23.3 Å². The molecule has 1 aromatic carbocycles. The molecule has 3 aliphatic rings. The van der Waals surface area contributed by atoms with Crippen molar-refractivity contribution >= 4 is 21.7 Å². The average Bonchev–Trinajstić information content (AvgIpc) is 3.34. The van der Waals surface area contributed by atoms with E-state index in [0.717, 1.165) is 74.4 Å². The van der Waals surface area contributed by atoms with Gasteiger partial charge in [-0.15, -0.1) is 5.69 Å². The van der Waals surface area contributed by atoms with E-state index in [0.29, 0.717) is 5.69 Å². The van der Waals surface area contributed by atoms with Crippen molar-refractivity contribution in [2.75, 3.05) is 13.6 Å². The summed E-state index contributed by atoms with van der Waals surface area (Å²) in [5.74, 6) is 0. The Labute approximate surface area is 224 Å². The molecule has 0 unspecified atom stereocenters. The zero-order chi connectivity index (χ0) is 19.9. The van der Waals surface area contributed by atoms with Crippen molar-refractivity contribution in [1.29, 1.82) is 0 Å². The largest absolute Gasteiger partial charge is 1.00 e. The first-order valence-corrected chi connectivity index (χ1v) is 11.6. The molecule has 30 heavy (non-hydrogen) atoms. The summed E-state index contributed by atoms with van der Waals surface area (Å²) in [4.78, 5) is 14.5. The molecule has 1 aromatic rings. The normalized spacial score (nSPS) is 22.9. The van der Waals surface area contributed by atoms with E-state index < -0.39 is 16.1 Å². The number of fused-ring (bicyclic) bond motifs is 2. The van der Waals surface area contributed by atoms with Gasteiger partial charge in [0, 0.05) is 10.9 Å². The summed E-state index contributed by atoms with van der Waals surface area (Å²) < 4.78 is 28.1. The van der Waals surface area contributed by atoms with Crippen LogP contribution in [0.15, 0.2) is 17.6 Å². The fourth-order valence-electron chi connectivity index (χ4n) is 4.74. The van der Waals surface area contributed by atoms with E-state index in [1.807, 2.05) is 14.0 Å². The predicted molar refractivity (Wildman–Crippen MR) is 111 cm³/mol. The molecule has 1 heterocycles. The van der Waals surface area contributed by atoms with Crippen LogP contribution >= 0.6 is 0 Å². The Hall–Kier alpha value is 0.140. The van der Waals surface area contributed by atoms with Gasteiger partial charge in [0.25, 0.3) is 0 Å². The van der Waals surface area contributed by atoms with Crippen LogP contribution in [0, 0.1) is 0 Å². The molecule has 0 bridgehead atoms. The molecular weight excluding hydrogens is 420 g/mol. The van der Waals surface area contributed by atoms with Crippen LogP contribution in [0.3, 0.4) is 0 Å². The number of rotatable bonds is 4. The third-order valence-corrected chi connectivity index (χ3v) is 7.39. The van der Waals surface area contributed by atoms with Crippen LogP contribution in [0.25, 0.3) is 10.0 Å². The zero-order valence-electron chi connectivity index (χ0n) is 18.6. The molecule has 0 spiro atoms. The van der Waals surface area contributed by atoms with Crippen LogP contribution in [-0.4, -0.2) is 38.5 Å². The molecule has 2 amide bonds. The number of urea groups is 1. The van der Waals surface area contributed by atoms with Gasteiger partial charge in [-0.25, -0.2) is 8.42 Å². The number of nitrogens with zero attached hydrogens (tertiary/aromatic N) is 3. The minimum atomic E-state index is -4.00. The topological polar surface area (TPSA) is 82.7 Å². The number of amides is 2. The smallest absolute Gasteiger partial charge is 0.642 e. The summed E-state index contributed by atoms with van der Waals surface area (Å²) in [6, 6.07) is 1.33. The fraction of sp³-hybridized carbons (Fsp3) is 0.571. The molecule has 1 saturated heterocycles. The Morgan fingerprint density at radius 1 is 1.07 bits per heavy atom. The monoisotopic (exact) mass is 447 g/mol. The van der Waals surface area contributed by atoms with E-state index in [1.165, 1.54) is 11.1 Å². The number of hydrogen-bond acceptors (Lipinski definition) is 4. The summed E-state index contributed by atoms with van der Waals surface area (Å²) in [6.07, 6.45) is 9.46. The van der Waals surface area contributed by atoms with Crippen molar-refractivity contribution in [2.45, 2.75) is 63.8 Å². The van der Waals surface area contributed by atoms with Crippen LogP contribution in [0.4, 0.5) is 10.5 Å². The second-order valence-electron chi connectivity index (χ2n) is 8.39. The number of carbonyl (C=O) groups is 1. The number of carbonyl (C=O) groups excluding carboxylic acids is 1. The Kier molecular flexibility index (Phi) is 9.14. The van der Waals surface area contributed by atoms with Gasteiger partial charge in [0.2, 0.25) is 0 Å². The predicted octanol–water partition coefficient (Wildman–Crippen LogP) is -1.50. The van der Waals surface area contributed by atoms with Crippen LogP contribution in [0.2, 0.25) is 0 Å². The molecule has 6 nitrogen and oxygen atoms in total. The second-order valence-corrected chi connectivity index (χ2v) is 9.88. The van der Waals surface area contributed by atoms with E-state index in [1.54, 1.807) is 6.08 Å². The quantitative estimate of drug-likeness (QED) is 0.526. The van der Waals surface area contributed by atoms with Crippen molar-refractivity contribution in [3.05, 3.63) is 49.8 Å². The number of benzene rings is 1. The first kappa shape index (κ1) is 26.4. The van der Waals surface area contributed by atoms with E-state index >= 15 is 0 Å². The fourth-order valence-corrected chi connectivity index (χ4v) is 5.52. The molecule has 1 aliphatic heterocycles. The Balaban J connectivity index is 0.00000160. The molecule has 4 rings (SSSR count). The maximum absolute atomic E-state index is 12.4. The number of likely N-dealkylation sites (tertiary alicyclic amines) is 1. The van der Waals surface area contributed by atoms with Crippen molar-refractivity contribution in [2.24, 2.45) is 0 Å². The summed E-state index contributed by atoms with van der Waals surface area (Å²) in [5.41, 5.74) is 5.11. The van der Waals surface area contributed by atoms with Crippen molar-refractivity contribution < 1.29 is 72.3 Å². The van der Waals surface area contributed by atoms with Gasteiger partial charge in [-0.05, 0) is 89.0 Å². The van der Waals surface area contributed by atoms with E-state index in [4.69, 9.17) is 0 Å². The third-order valence-electron chi connectivity index (χ3n) is 6.50. The standard InChI is InChI=1S/C21H28N3O3S.2Na/c1-21(10-5-12-24(21)2)11-13-28(26,27)23-20(25)22-19-17-8-3-6-15(17)14-16-7-4-9-18(16)19;;/h11,13-14H,3-10,12H2,1-2H3,(H-,22,23,25);;/q-1;2*+1/p-1/b13-11+;;/t21-;;/m1../s1. The molecule has 0 radical (unpaired) electrons. The molecule has 1 atom stereocenters. The summed E-state index contributed by atoms with van der Waals surface area (Å²) in [6.45, 7) is 2.92. The van der Waals surface area contributed by atoms with Crippen molar-refractivity contribution in [3.8, 4) is 0 Å². The van der Waals surface area contributed by atoms with Crippen LogP contribution in [0.1, 0.15) is 54.9 Å². The second kappa shape index (κ2) is 10.4. The van der Waals surface area contributed by atoms with Crippen LogP contribution < -0.4 is 59.1 Å². The Morgan fingerprint density at radius 2 is 1.67 bits per heavy atom. The van der Waals surface area contributed by atoms with Gasteiger partial charge in [0.1, 0.15) is 10.0 Å². The third kappa shape index (κ3) is 5.54. The van der Waals surface area contributed by atoms with Gasteiger partial charge in [0.05, 0.1) is 0 Å². The average molecular weight is 448 g/mol. The molecule has 2 aliphatic carbocycles. The van der Waals surface area contributed by atoms with E-state index in [2.05, 4.69) is 21.0 Å². The number of hydrogen-bond donors (Lipinski definition) is 0. The molecule has 9 heteroatoms. The van der Waals surface area contributed by atoms with Gasteiger partial charge < -0.3 is 14.8 Å². The van der Waals surface area contributed by atoms with Gasteiger partial charge >= 0.3 is 59.1 Å². The zero-order valence-corrected chi connectivity index (χ0v) is 23.4. The van der Waals surface area contributed by atoms with Gasteiger partial charge in [-0.2, -0.15) is 0 Å². The number of likely N-dealkylation sites (N-methyl/N-ethyl adjacent to an activating group) is 1. The van der Waals surface area contributed by atoms with E-state index in [9.17, 15) is 13.2 Å². The van der Waals surface area contributed by atoms with Gasteiger partial charge in [-0.3, -0.25) is 4.90 Å². The SMILES string of the molecule is CN1CCC[C@]1(C)/C=C/S(=O)(=O)[N-]C(=O)[N-]c1c2c(cc3c1CCC3)CCC2.[Na+].[Na+]. The molecule has 1 fully saturated rings. The molecule has 152 valence electrons. The Morgan fingerprint density at radius 3 is 2.20 bits per heavy atom.